The number of allylic oxidation sites excluding steroid dienone is 4. The van der Waals surface area contributed by atoms with Gasteiger partial charge in [0, 0.05) is 0 Å². The molecule has 0 amide bonds. The number of alkyl halides is 1. The van der Waals surface area contributed by atoms with E-state index >= 15 is 0 Å². The number of aldehydes is 1. The van der Waals surface area contributed by atoms with Gasteiger partial charge in [0.05, 0.1) is 5.92 Å². The molecule has 0 bridgehead atoms. The van der Waals surface area contributed by atoms with E-state index in [1.54, 1.807) is 0 Å². The third-order valence-corrected chi connectivity index (χ3v) is 1.57. The Labute approximate surface area is 63.4 Å². The molecular formula is C8H8F2O. The number of halogens is 2. The van der Waals surface area contributed by atoms with Crippen molar-refractivity contribution in [3.8, 4) is 0 Å². The molecule has 0 N–H and O–H groups in total. The van der Waals surface area contributed by atoms with Crippen molar-refractivity contribution >= 4 is 6.29 Å². The molecule has 0 aliphatic heterocycles. The Bertz CT molecular complexity index is 208. The number of rotatable bonds is 1. The van der Waals surface area contributed by atoms with Gasteiger partial charge in [-0.1, -0.05) is 12.2 Å². The maximum Gasteiger partial charge on any atom is 0.129 e. The van der Waals surface area contributed by atoms with Crippen molar-refractivity contribution in [3.63, 3.8) is 0 Å². The molecule has 0 aromatic carbocycles. The summed E-state index contributed by atoms with van der Waals surface area (Å²) >= 11 is 0. The summed E-state index contributed by atoms with van der Waals surface area (Å²) in [4.78, 5) is 10.2. The van der Waals surface area contributed by atoms with Crippen LogP contribution >= 0.6 is 0 Å². The van der Waals surface area contributed by atoms with Crippen LogP contribution in [0.1, 0.15) is 6.42 Å². The van der Waals surface area contributed by atoms with Gasteiger partial charge in [-0.05, 0) is 12.5 Å². The van der Waals surface area contributed by atoms with Crippen LogP contribution in [0.3, 0.4) is 0 Å². The fourth-order valence-corrected chi connectivity index (χ4v) is 0.946. The lowest BCUT2D eigenvalue weighted by Crippen LogP contribution is -2.08. The van der Waals surface area contributed by atoms with Gasteiger partial charge in [-0.2, -0.15) is 0 Å². The maximum atomic E-state index is 12.7. The van der Waals surface area contributed by atoms with Gasteiger partial charge < -0.3 is 4.79 Å². The van der Waals surface area contributed by atoms with Crippen molar-refractivity contribution in [1.29, 1.82) is 0 Å². The van der Waals surface area contributed by atoms with Crippen molar-refractivity contribution < 1.29 is 13.6 Å². The van der Waals surface area contributed by atoms with Crippen LogP contribution in [0.2, 0.25) is 0 Å². The third-order valence-electron chi connectivity index (χ3n) is 1.57. The molecule has 0 saturated carbocycles. The van der Waals surface area contributed by atoms with Crippen LogP contribution < -0.4 is 0 Å². The molecule has 0 radical (unpaired) electrons. The molecule has 1 aliphatic rings. The van der Waals surface area contributed by atoms with Crippen LogP contribution in [0, 0.1) is 5.92 Å². The average Bonchev–Trinajstić information content (AvgIpc) is 2.13. The third kappa shape index (κ3) is 1.97. The maximum absolute atomic E-state index is 12.7. The van der Waals surface area contributed by atoms with Crippen molar-refractivity contribution in [2.75, 3.05) is 0 Å². The summed E-state index contributed by atoms with van der Waals surface area (Å²) in [7, 11) is 0. The fraction of sp³-hybridized carbons (Fsp3) is 0.375. The predicted octanol–water partition coefficient (Wildman–Crippen LogP) is 1.95. The molecule has 0 aromatic rings. The number of carbonyl (C=O) groups excluding carboxylic acids is 1. The molecule has 0 saturated heterocycles. The Morgan fingerprint density at radius 3 is 3.00 bits per heavy atom. The summed E-state index contributed by atoms with van der Waals surface area (Å²) in [5, 5.41) is 0. The molecule has 0 aromatic heterocycles. The van der Waals surface area contributed by atoms with Gasteiger partial charge in [-0.3, -0.25) is 0 Å². The zero-order valence-electron chi connectivity index (χ0n) is 5.84. The van der Waals surface area contributed by atoms with E-state index in [2.05, 4.69) is 0 Å². The minimum atomic E-state index is -1.21. The Balaban J connectivity index is 2.74. The lowest BCUT2D eigenvalue weighted by molar-refractivity contribution is -0.110. The lowest BCUT2D eigenvalue weighted by atomic mass is 10.0. The van der Waals surface area contributed by atoms with Gasteiger partial charge in [-0.15, -0.1) is 0 Å². The van der Waals surface area contributed by atoms with Crippen molar-refractivity contribution in [2.24, 2.45) is 5.92 Å². The molecule has 1 nitrogen and oxygen atoms in total. The largest absolute Gasteiger partial charge is 0.303 e. The molecule has 11 heavy (non-hydrogen) atoms. The topological polar surface area (TPSA) is 17.1 Å². The molecule has 60 valence electrons. The standard InChI is InChI=1S/C8H8F2O/c9-7-2-1-3-8(10)6(4-7)5-11/h1-3,5-7H,4H2. The predicted molar refractivity (Wildman–Crippen MR) is 37.4 cm³/mol. The van der Waals surface area contributed by atoms with Gasteiger partial charge in [0.25, 0.3) is 0 Å². The first kappa shape index (κ1) is 8.11. The quantitative estimate of drug-likeness (QED) is 0.533. The summed E-state index contributed by atoms with van der Waals surface area (Å²) in [5.41, 5.74) is 0. The highest BCUT2D eigenvalue weighted by Gasteiger charge is 2.19. The molecule has 1 rings (SSSR count). The smallest absolute Gasteiger partial charge is 0.129 e. The lowest BCUT2D eigenvalue weighted by Gasteiger charge is -2.05. The normalized spacial score (nSPS) is 30.9. The highest BCUT2D eigenvalue weighted by Crippen LogP contribution is 2.21. The summed E-state index contributed by atoms with van der Waals surface area (Å²) in [6, 6.07) is 0. The molecule has 0 spiro atoms. The van der Waals surface area contributed by atoms with Crippen LogP contribution in [0.5, 0.6) is 0 Å². The van der Waals surface area contributed by atoms with Gasteiger partial charge >= 0.3 is 0 Å². The summed E-state index contributed by atoms with van der Waals surface area (Å²) in [5.74, 6) is -1.46. The fourth-order valence-electron chi connectivity index (χ4n) is 0.946. The van der Waals surface area contributed by atoms with E-state index in [9.17, 15) is 13.6 Å². The van der Waals surface area contributed by atoms with Gasteiger partial charge in [0.2, 0.25) is 0 Å². The van der Waals surface area contributed by atoms with E-state index in [0.29, 0.717) is 6.29 Å². The minimum Gasteiger partial charge on any atom is -0.303 e. The number of hydrogen-bond donors (Lipinski definition) is 0. The van der Waals surface area contributed by atoms with Crippen LogP contribution in [-0.2, 0) is 4.79 Å². The van der Waals surface area contributed by atoms with Gasteiger partial charge in [-0.25, -0.2) is 8.78 Å². The second-order valence-corrected chi connectivity index (χ2v) is 2.43. The van der Waals surface area contributed by atoms with Crippen LogP contribution in [-0.4, -0.2) is 12.5 Å². The van der Waals surface area contributed by atoms with E-state index in [1.807, 2.05) is 0 Å². The summed E-state index contributed by atoms with van der Waals surface area (Å²) in [6.45, 7) is 0. The molecule has 2 unspecified atom stereocenters. The van der Waals surface area contributed by atoms with Crippen LogP contribution in [0.15, 0.2) is 24.1 Å². The molecule has 1 aliphatic carbocycles. The zero-order chi connectivity index (χ0) is 8.27. The average molecular weight is 158 g/mol. The van der Waals surface area contributed by atoms with E-state index < -0.39 is 17.9 Å². The Hall–Kier alpha value is -0.990. The highest BCUT2D eigenvalue weighted by atomic mass is 19.1. The first-order chi connectivity index (χ1) is 5.24. The molecule has 3 heteroatoms. The first-order valence-electron chi connectivity index (χ1n) is 3.37. The SMILES string of the molecule is O=CC1CC(F)C=CC=C1F. The van der Waals surface area contributed by atoms with E-state index in [-0.39, 0.29) is 6.42 Å². The summed E-state index contributed by atoms with van der Waals surface area (Å²) in [6.07, 6.45) is 2.80. The van der Waals surface area contributed by atoms with Crippen molar-refractivity contribution in [3.05, 3.63) is 24.1 Å². The first-order valence-corrected chi connectivity index (χ1v) is 3.37. The van der Waals surface area contributed by atoms with Crippen molar-refractivity contribution in [1.82, 2.24) is 0 Å². The monoisotopic (exact) mass is 158 g/mol. The Morgan fingerprint density at radius 1 is 1.64 bits per heavy atom. The molecule has 2 atom stereocenters. The molecule has 0 fully saturated rings. The van der Waals surface area contributed by atoms with Gasteiger partial charge in [0.15, 0.2) is 0 Å². The van der Waals surface area contributed by atoms with Gasteiger partial charge in [0.1, 0.15) is 18.3 Å². The Kier molecular flexibility index (Phi) is 2.52. The summed E-state index contributed by atoms with van der Waals surface area (Å²) < 4.78 is 25.3. The number of hydrogen-bond acceptors (Lipinski definition) is 1. The molecular weight excluding hydrogens is 150 g/mol. The second kappa shape index (κ2) is 3.42. The van der Waals surface area contributed by atoms with E-state index in [1.165, 1.54) is 12.2 Å². The van der Waals surface area contributed by atoms with Crippen LogP contribution in [0.4, 0.5) is 8.78 Å². The van der Waals surface area contributed by atoms with Crippen molar-refractivity contribution in [2.45, 2.75) is 12.6 Å². The second-order valence-electron chi connectivity index (χ2n) is 2.43. The molecule has 0 heterocycles. The zero-order valence-corrected chi connectivity index (χ0v) is 5.84. The highest BCUT2D eigenvalue weighted by molar-refractivity contribution is 5.58. The Morgan fingerprint density at radius 2 is 2.36 bits per heavy atom. The minimum absolute atomic E-state index is 0.0810. The van der Waals surface area contributed by atoms with E-state index in [0.717, 1.165) is 6.08 Å². The van der Waals surface area contributed by atoms with E-state index in [4.69, 9.17) is 0 Å². The van der Waals surface area contributed by atoms with Crippen LogP contribution in [0.25, 0.3) is 0 Å². The number of carbonyl (C=O) groups is 1.